The molecule has 0 fully saturated rings. The van der Waals surface area contributed by atoms with Gasteiger partial charge >= 0.3 is 0 Å². The van der Waals surface area contributed by atoms with Crippen LogP contribution in [0.5, 0.6) is 0 Å². The molecule has 0 heterocycles. The van der Waals surface area contributed by atoms with Gasteiger partial charge in [0.05, 0.1) is 11.7 Å². The SMILES string of the molecule is CC(NC(=O)c1ccc(F)c(N)c1)c1ccc(F)cc1. The summed E-state index contributed by atoms with van der Waals surface area (Å²) in [5, 5.41) is 2.74. The number of benzene rings is 2. The Labute approximate surface area is 115 Å². The van der Waals surface area contributed by atoms with Gasteiger partial charge in [0.15, 0.2) is 0 Å². The van der Waals surface area contributed by atoms with Gasteiger partial charge < -0.3 is 11.1 Å². The van der Waals surface area contributed by atoms with E-state index >= 15 is 0 Å². The van der Waals surface area contributed by atoms with Gasteiger partial charge in [0, 0.05) is 5.56 Å². The van der Waals surface area contributed by atoms with Crippen LogP contribution >= 0.6 is 0 Å². The molecule has 3 N–H and O–H groups in total. The molecule has 1 amide bonds. The third kappa shape index (κ3) is 3.12. The Bertz CT molecular complexity index is 626. The van der Waals surface area contributed by atoms with E-state index in [1.165, 1.54) is 24.3 Å². The van der Waals surface area contributed by atoms with Crippen molar-refractivity contribution < 1.29 is 13.6 Å². The van der Waals surface area contributed by atoms with Crippen LogP contribution in [0, 0.1) is 11.6 Å². The summed E-state index contributed by atoms with van der Waals surface area (Å²) in [5.74, 6) is -1.26. The van der Waals surface area contributed by atoms with Crippen molar-refractivity contribution in [3.63, 3.8) is 0 Å². The first kappa shape index (κ1) is 14.0. The molecule has 2 aromatic carbocycles. The van der Waals surface area contributed by atoms with Crippen LogP contribution in [0.2, 0.25) is 0 Å². The van der Waals surface area contributed by atoms with E-state index in [1.807, 2.05) is 0 Å². The lowest BCUT2D eigenvalue weighted by atomic mass is 10.1. The van der Waals surface area contributed by atoms with E-state index in [9.17, 15) is 13.6 Å². The summed E-state index contributed by atoms with van der Waals surface area (Å²) in [4.78, 5) is 12.0. The Kier molecular flexibility index (Phi) is 3.98. The van der Waals surface area contributed by atoms with E-state index in [0.29, 0.717) is 0 Å². The highest BCUT2D eigenvalue weighted by Gasteiger charge is 2.12. The number of anilines is 1. The molecule has 0 aliphatic carbocycles. The Hall–Kier alpha value is -2.43. The molecule has 0 radical (unpaired) electrons. The molecule has 2 aromatic rings. The highest BCUT2D eigenvalue weighted by Crippen LogP contribution is 2.16. The first-order valence-electron chi connectivity index (χ1n) is 6.08. The Morgan fingerprint density at radius 3 is 2.40 bits per heavy atom. The molecule has 5 heteroatoms. The average molecular weight is 276 g/mol. The van der Waals surface area contributed by atoms with Gasteiger partial charge in [0.1, 0.15) is 11.6 Å². The van der Waals surface area contributed by atoms with Gasteiger partial charge in [-0.2, -0.15) is 0 Å². The third-order valence-electron chi connectivity index (χ3n) is 2.98. The number of nitrogen functional groups attached to an aromatic ring is 1. The number of carbonyl (C=O) groups is 1. The summed E-state index contributed by atoms with van der Waals surface area (Å²) >= 11 is 0. The number of rotatable bonds is 3. The third-order valence-corrected chi connectivity index (χ3v) is 2.98. The van der Waals surface area contributed by atoms with Gasteiger partial charge in [-0.1, -0.05) is 12.1 Å². The first-order chi connectivity index (χ1) is 9.47. The van der Waals surface area contributed by atoms with Crippen LogP contribution < -0.4 is 11.1 Å². The van der Waals surface area contributed by atoms with Gasteiger partial charge in [-0.15, -0.1) is 0 Å². The summed E-state index contributed by atoms with van der Waals surface area (Å²) in [6, 6.07) is 9.34. The molecule has 0 saturated heterocycles. The second-order valence-electron chi connectivity index (χ2n) is 4.48. The van der Waals surface area contributed by atoms with Crippen molar-refractivity contribution in [1.82, 2.24) is 5.32 Å². The average Bonchev–Trinajstić information content (AvgIpc) is 2.42. The maximum Gasteiger partial charge on any atom is 0.251 e. The number of amides is 1. The molecule has 0 spiro atoms. The van der Waals surface area contributed by atoms with E-state index in [2.05, 4.69) is 5.32 Å². The van der Waals surface area contributed by atoms with Gasteiger partial charge in [-0.05, 0) is 42.8 Å². The van der Waals surface area contributed by atoms with Crippen LogP contribution in [-0.4, -0.2) is 5.91 Å². The molecule has 0 saturated carbocycles. The molecule has 0 aromatic heterocycles. The Balaban J connectivity index is 2.10. The van der Waals surface area contributed by atoms with E-state index < -0.39 is 5.82 Å². The van der Waals surface area contributed by atoms with Crippen LogP contribution in [0.4, 0.5) is 14.5 Å². The van der Waals surface area contributed by atoms with Crippen LogP contribution in [0.15, 0.2) is 42.5 Å². The number of carbonyl (C=O) groups excluding carboxylic acids is 1. The number of hydrogen-bond acceptors (Lipinski definition) is 2. The molecule has 3 nitrogen and oxygen atoms in total. The normalized spacial score (nSPS) is 11.9. The lowest BCUT2D eigenvalue weighted by molar-refractivity contribution is 0.0940. The predicted molar refractivity (Wildman–Crippen MR) is 73.1 cm³/mol. The number of nitrogens with two attached hydrogens (primary N) is 1. The minimum Gasteiger partial charge on any atom is -0.396 e. The predicted octanol–water partition coefficient (Wildman–Crippen LogP) is 3.04. The van der Waals surface area contributed by atoms with Gasteiger partial charge in [0.25, 0.3) is 5.91 Å². The van der Waals surface area contributed by atoms with Crippen LogP contribution in [0.3, 0.4) is 0 Å². The second-order valence-corrected chi connectivity index (χ2v) is 4.48. The van der Waals surface area contributed by atoms with Crippen molar-refractivity contribution in [3.05, 3.63) is 65.2 Å². The topological polar surface area (TPSA) is 55.1 Å². The van der Waals surface area contributed by atoms with Crippen molar-refractivity contribution in [2.75, 3.05) is 5.73 Å². The summed E-state index contributed by atoms with van der Waals surface area (Å²) in [6.07, 6.45) is 0. The van der Waals surface area contributed by atoms with E-state index in [1.54, 1.807) is 19.1 Å². The molecular weight excluding hydrogens is 262 g/mol. The van der Waals surface area contributed by atoms with Gasteiger partial charge in [-0.25, -0.2) is 8.78 Å². The van der Waals surface area contributed by atoms with Crippen molar-refractivity contribution in [2.24, 2.45) is 0 Å². The minimum atomic E-state index is -0.562. The largest absolute Gasteiger partial charge is 0.396 e. The van der Waals surface area contributed by atoms with Crippen molar-refractivity contribution in [2.45, 2.75) is 13.0 Å². The maximum absolute atomic E-state index is 13.0. The lowest BCUT2D eigenvalue weighted by Crippen LogP contribution is -2.26. The lowest BCUT2D eigenvalue weighted by Gasteiger charge is -2.14. The van der Waals surface area contributed by atoms with Crippen molar-refractivity contribution in [1.29, 1.82) is 0 Å². The molecule has 2 rings (SSSR count). The van der Waals surface area contributed by atoms with Crippen LogP contribution in [0.1, 0.15) is 28.9 Å². The van der Waals surface area contributed by atoms with E-state index in [4.69, 9.17) is 5.73 Å². The zero-order chi connectivity index (χ0) is 14.7. The highest BCUT2D eigenvalue weighted by atomic mass is 19.1. The summed E-state index contributed by atoms with van der Waals surface area (Å²) in [7, 11) is 0. The minimum absolute atomic E-state index is 0.0768. The fourth-order valence-corrected chi connectivity index (χ4v) is 1.80. The van der Waals surface area contributed by atoms with Crippen LogP contribution in [0.25, 0.3) is 0 Å². The Morgan fingerprint density at radius 1 is 1.15 bits per heavy atom. The summed E-state index contributed by atoms with van der Waals surface area (Å²) in [5.41, 5.74) is 6.39. The van der Waals surface area contributed by atoms with Gasteiger partial charge in [-0.3, -0.25) is 4.79 Å². The fraction of sp³-hybridized carbons (Fsp3) is 0.133. The monoisotopic (exact) mass is 276 g/mol. The molecule has 1 unspecified atom stereocenters. The zero-order valence-electron chi connectivity index (χ0n) is 10.9. The molecule has 20 heavy (non-hydrogen) atoms. The molecular formula is C15H14F2N2O. The number of hydrogen-bond donors (Lipinski definition) is 2. The summed E-state index contributed by atoms with van der Waals surface area (Å²) in [6.45, 7) is 1.78. The standard InChI is InChI=1S/C15H14F2N2O/c1-9(10-2-5-12(16)6-3-10)19-15(20)11-4-7-13(17)14(18)8-11/h2-9H,18H2,1H3,(H,19,20). The van der Waals surface area contributed by atoms with Crippen LogP contribution in [-0.2, 0) is 0 Å². The number of nitrogens with one attached hydrogen (secondary N) is 1. The maximum atomic E-state index is 13.0. The molecule has 0 aliphatic rings. The quantitative estimate of drug-likeness (QED) is 0.847. The van der Waals surface area contributed by atoms with E-state index in [-0.39, 0.29) is 29.0 Å². The van der Waals surface area contributed by atoms with Crippen molar-refractivity contribution >= 4 is 11.6 Å². The van der Waals surface area contributed by atoms with Gasteiger partial charge in [0.2, 0.25) is 0 Å². The molecule has 1 atom stereocenters. The Morgan fingerprint density at radius 2 is 1.80 bits per heavy atom. The molecule has 104 valence electrons. The molecule has 0 aliphatic heterocycles. The first-order valence-corrected chi connectivity index (χ1v) is 6.08. The fourth-order valence-electron chi connectivity index (χ4n) is 1.80. The summed E-state index contributed by atoms with van der Waals surface area (Å²) < 4.78 is 25.9. The highest BCUT2D eigenvalue weighted by molar-refractivity contribution is 5.95. The van der Waals surface area contributed by atoms with E-state index in [0.717, 1.165) is 11.6 Å². The molecule has 0 bridgehead atoms. The van der Waals surface area contributed by atoms with Crippen molar-refractivity contribution in [3.8, 4) is 0 Å². The second kappa shape index (κ2) is 5.69. The smallest absolute Gasteiger partial charge is 0.251 e. The number of halogens is 2. The zero-order valence-corrected chi connectivity index (χ0v) is 10.9.